The third-order valence-electron chi connectivity index (χ3n) is 5.33. The summed E-state index contributed by atoms with van der Waals surface area (Å²) in [4.78, 5) is 13.6. The standard InChI is InChI=1S/C24H27ClF2N2O3/c1-23(2,3)32-22(30)28-11-19-9-18-8-17(10-20(25)21(18)31-19)16-6-4-15(5-7-16)12-29-13-24(26,27)14-29/h4-8,10,19H,9,11-14H2,1-3H3,(H,28,30). The normalized spacial score (nSPS) is 19.6. The van der Waals surface area contributed by atoms with E-state index in [-0.39, 0.29) is 19.2 Å². The van der Waals surface area contributed by atoms with Gasteiger partial charge in [-0.3, -0.25) is 4.90 Å². The van der Waals surface area contributed by atoms with Crippen molar-refractivity contribution in [1.82, 2.24) is 10.2 Å². The number of nitrogens with zero attached hydrogens (tertiary/aromatic N) is 1. The van der Waals surface area contributed by atoms with Crippen LogP contribution in [-0.2, 0) is 17.7 Å². The van der Waals surface area contributed by atoms with Crippen LogP contribution in [0.1, 0.15) is 31.9 Å². The number of alkyl carbamates (subject to hydrolysis) is 1. The minimum Gasteiger partial charge on any atom is -0.486 e. The van der Waals surface area contributed by atoms with Crippen molar-refractivity contribution < 1.29 is 23.0 Å². The average molecular weight is 465 g/mol. The van der Waals surface area contributed by atoms with Crippen LogP contribution in [0.2, 0.25) is 5.02 Å². The lowest BCUT2D eigenvalue weighted by atomic mass is 9.99. The second-order valence-electron chi connectivity index (χ2n) is 9.47. The van der Waals surface area contributed by atoms with Gasteiger partial charge in [-0.25, -0.2) is 13.6 Å². The van der Waals surface area contributed by atoms with Gasteiger partial charge < -0.3 is 14.8 Å². The van der Waals surface area contributed by atoms with Crippen molar-refractivity contribution in [3.05, 3.63) is 52.5 Å². The van der Waals surface area contributed by atoms with Gasteiger partial charge in [-0.05, 0) is 49.6 Å². The lowest BCUT2D eigenvalue weighted by molar-refractivity contribution is -0.133. The topological polar surface area (TPSA) is 50.8 Å². The van der Waals surface area contributed by atoms with Crippen LogP contribution < -0.4 is 10.1 Å². The summed E-state index contributed by atoms with van der Waals surface area (Å²) in [5.74, 6) is -1.91. The highest BCUT2D eigenvalue weighted by Gasteiger charge is 2.43. The molecule has 2 aromatic carbocycles. The average Bonchev–Trinajstić information content (AvgIpc) is 3.08. The first-order valence-corrected chi connectivity index (χ1v) is 11.0. The molecule has 5 nitrogen and oxygen atoms in total. The van der Waals surface area contributed by atoms with Crippen LogP contribution in [0.5, 0.6) is 5.75 Å². The summed E-state index contributed by atoms with van der Waals surface area (Å²) in [5.41, 5.74) is 3.36. The van der Waals surface area contributed by atoms with Gasteiger partial charge in [0.25, 0.3) is 5.92 Å². The van der Waals surface area contributed by atoms with Crippen molar-refractivity contribution >= 4 is 17.7 Å². The van der Waals surface area contributed by atoms with Crippen LogP contribution >= 0.6 is 11.6 Å². The lowest BCUT2D eigenvalue weighted by Crippen LogP contribution is -2.55. The van der Waals surface area contributed by atoms with Crippen molar-refractivity contribution in [2.24, 2.45) is 0 Å². The quantitative estimate of drug-likeness (QED) is 0.653. The minimum absolute atomic E-state index is 0.181. The van der Waals surface area contributed by atoms with E-state index >= 15 is 0 Å². The third-order valence-corrected chi connectivity index (χ3v) is 5.61. The molecule has 1 N–H and O–H groups in total. The molecule has 4 rings (SSSR count). The summed E-state index contributed by atoms with van der Waals surface area (Å²) in [7, 11) is 0. The van der Waals surface area contributed by atoms with Gasteiger partial charge in [0.1, 0.15) is 17.5 Å². The Bertz CT molecular complexity index is 998. The molecule has 172 valence electrons. The lowest BCUT2D eigenvalue weighted by Gasteiger charge is -2.38. The third kappa shape index (κ3) is 5.51. The molecule has 2 heterocycles. The van der Waals surface area contributed by atoms with Crippen molar-refractivity contribution in [2.45, 2.75) is 51.4 Å². The number of hydrogen-bond acceptors (Lipinski definition) is 4. The van der Waals surface area contributed by atoms with E-state index in [2.05, 4.69) is 5.32 Å². The highest BCUT2D eigenvalue weighted by molar-refractivity contribution is 6.32. The number of likely N-dealkylation sites (tertiary alicyclic amines) is 1. The summed E-state index contributed by atoms with van der Waals surface area (Å²) in [6, 6.07) is 11.8. The summed E-state index contributed by atoms with van der Waals surface area (Å²) in [6.45, 7) is 5.90. The Morgan fingerprint density at radius 3 is 2.53 bits per heavy atom. The Hall–Kier alpha value is -2.38. The van der Waals surface area contributed by atoms with E-state index in [1.165, 1.54) is 0 Å². The zero-order valence-electron chi connectivity index (χ0n) is 18.4. The van der Waals surface area contributed by atoms with Crippen molar-refractivity contribution in [3.63, 3.8) is 0 Å². The van der Waals surface area contributed by atoms with Gasteiger partial charge >= 0.3 is 6.09 Å². The molecule has 0 saturated carbocycles. The van der Waals surface area contributed by atoms with Crippen LogP contribution in [-0.4, -0.2) is 48.3 Å². The van der Waals surface area contributed by atoms with Crippen molar-refractivity contribution in [2.75, 3.05) is 19.6 Å². The molecular formula is C24H27ClF2N2O3. The number of rotatable bonds is 5. The number of fused-ring (bicyclic) bond motifs is 1. The van der Waals surface area contributed by atoms with Crippen molar-refractivity contribution in [1.29, 1.82) is 0 Å². The molecule has 2 aliphatic rings. The van der Waals surface area contributed by atoms with Crippen molar-refractivity contribution in [3.8, 4) is 16.9 Å². The van der Waals surface area contributed by atoms with E-state index in [0.717, 1.165) is 22.3 Å². The Morgan fingerprint density at radius 1 is 1.22 bits per heavy atom. The second kappa shape index (κ2) is 8.52. The molecule has 2 aliphatic heterocycles. The molecule has 0 aromatic heterocycles. The molecular weight excluding hydrogens is 438 g/mol. The predicted molar refractivity (Wildman–Crippen MR) is 119 cm³/mol. The van der Waals surface area contributed by atoms with Crippen LogP contribution in [0.3, 0.4) is 0 Å². The number of halogens is 3. The van der Waals surface area contributed by atoms with Gasteiger partial charge in [0, 0.05) is 18.5 Å². The molecule has 0 aliphatic carbocycles. The van der Waals surface area contributed by atoms with E-state index in [0.29, 0.717) is 30.3 Å². The Kier molecular flexibility index (Phi) is 6.07. The number of amides is 1. The molecule has 0 spiro atoms. The maximum absolute atomic E-state index is 13.0. The molecule has 1 fully saturated rings. The maximum Gasteiger partial charge on any atom is 0.407 e. The van der Waals surface area contributed by atoms with E-state index in [1.807, 2.05) is 57.2 Å². The zero-order chi connectivity index (χ0) is 23.1. The summed E-state index contributed by atoms with van der Waals surface area (Å²) in [6.07, 6.45) is -0.0758. The molecule has 1 unspecified atom stereocenters. The Balaban J connectivity index is 1.37. The number of alkyl halides is 2. The van der Waals surface area contributed by atoms with Gasteiger partial charge in [0.15, 0.2) is 0 Å². The fourth-order valence-corrected chi connectivity index (χ4v) is 4.24. The minimum atomic E-state index is -2.55. The van der Waals surface area contributed by atoms with Gasteiger partial charge in [0.2, 0.25) is 0 Å². The highest BCUT2D eigenvalue weighted by Crippen LogP contribution is 2.39. The molecule has 1 amide bonds. The molecule has 1 saturated heterocycles. The van der Waals surface area contributed by atoms with Crippen LogP contribution in [0.25, 0.3) is 11.1 Å². The fraction of sp³-hybridized carbons (Fsp3) is 0.458. The fourth-order valence-electron chi connectivity index (χ4n) is 3.96. The summed E-state index contributed by atoms with van der Waals surface area (Å²) in [5, 5.41) is 3.26. The summed E-state index contributed by atoms with van der Waals surface area (Å²) < 4.78 is 37.2. The smallest absolute Gasteiger partial charge is 0.407 e. The van der Waals surface area contributed by atoms with Gasteiger partial charge in [-0.15, -0.1) is 0 Å². The van der Waals surface area contributed by atoms with Crippen LogP contribution in [0, 0.1) is 0 Å². The first-order valence-electron chi connectivity index (χ1n) is 10.6. The first kappa shape index (κ1) is 22.8. The number of carbonyl (C=O) groups excluding carboxylic acids is 1. The maximum atomic E-state index is 13.0. The molecule has 0 radical (unpaired) electrons. The number of benzene rings is 2. The molecule has 0 bridgehead atoms. The Morgan fingerprint density at radius 2 is 1.91 bits per heavy atom. The number of hydrogen-bond donors (Lipinski definition) is 1. The Labute approximate surface area is 191 Å². The number of carbonyl (C=O) groups is 1. The molecule has 2 aromatic rings. The van der Waals surface area contributed by atoms with E-state index in [1.54, 1.807) is 4.90 Å². The second-order valence-corrected chi connectivity index (χ2v) is 9.88. The molecule has 1 atom stereocenters. The van der Waals surface area contributed by atoms with Gasteiger partial charge in [0.05, 0.1) is 24.7 Å². The van der Waals surface area contributed by atoms with E-state index in [4.69, 9.17) is 21.1 Å². The van der Waals surface area contributed by atoms with Crippen LogP contribution in [0.4, 0.5) is 13.6 Å². The van der Waals surface area contributed by atoms with E-state index < -0.39 is 17.6 Å². The highest BCUT2D eigenvalue weighted by atomic mass is 35.5. The molecule has 8 heteroatoms. The SMILES string of the molecule is CC(C)(C)OC(=O)NCC1Cc2cc(-c3ccc(CN4CC(F)(F)C4)cc3)cc(Cl)c2O1. The monoisotopic (exact) mass is 464 g/mol. The van der Waals surface area contributed by atoms with Gasteiger partial charge in [-0.2, -0.15) is 0 Å². The number of nitrogens with one attached hydrogen (secondary N) is 1. The van der Waals surface area contributed by atoms with Crippen LogP contribution in [0.15, 0.2) is 36.4 Å². The van der Waals surface area contributed by atoms with E-state index in [9.17, 15) is 13.6 Å². The van der Waals surface area contributed by atoms with Gasteiger partial charge in [-0.1, -0.05) is 35.9 Å². The zero-order valence-corrected chi connectivity index (χ0v) is 19.1. The first-order chi connectivity index (χ1) is 15.0. The predicted octanol–water partition coefficient (Wildman–Crippen LogP) is 5.29. The molecule has 32 heavy (non-hydrogen) atoms. The number of ether oxygens (including phenoxy) is 2. The summed E-state index contributed by atoms with van der Waals surface area (Å²) >= 11 is 6.48. The largest absolute Gasteiger partial charge is 0.486 e.